The standard InChI is InChI=1S/C6H12N4O3/c7-4(5(12)13)2-1-3(11)10-6(8)9-2/h2-4,11H,1,7H2,(H,12,13)(H3,8,9,10)/t2-,3+,4-/m0/s1. The molecule has 7 heteroatoms. The number of hydrogen-bond acceptors (Lipinski definition) is 6. The molecule has 1 heterocycles. The summed E-state index contributed by atoms with van der Waals surface area (Å²) < 4.78 is 0. The number of guanidine groups is 1. The van der Waals surface area contributed by atoms with Gasteiger partial charge in [0.2, 0.25) is 0 Å². The zero-order valence-electron chi connectivity index (χ0n) is 6.84. The lowest BCUT2D eigenvalue weighted by Crippen LogP contribution is -2.57. The van der Waals surface area contributed by atoms with Crippen molar-refractivity contribution >= 4 is 11.9 Å². The molecule has 0 saturated heterocycles. The fourth-order valence-corrected chi connectivity index (χ4v) is 1.14. The lowest BCUT2D eigenvalue weighted by molar-refractivity contribution is -0.139. The summed E-state index contributed by atoms with van der Waals surface area (Å²) >= 11 is 0. The minimum absolute atomic E-state index is 0.0143. The van der Waals surface area contributed by atoms with E-state index in [0.717, 1.165) is 0 Å². The van der Waals surface area contributed by atoms with Crippen LogP contribution in [0.15, 0.2) is 4.99 Å². The average Bonchev–Trinajstić information content (AvgIpc) is 2.01. The third-order valence-corrected chi connectivity index (χ3v) is 1.80. The predicted molar refractivity (Wildman–Crippen MR) is 44.8 cm³/mol. The fraction of sp³-hybridized carbons (Fsp3) is 0.667. The van der Waals surface area contributed by atoms with Crippen molar-refractivity contribution in [2.24, 2.45) is 16.5 Å². The molecule has 0 unspecified atom stereocenters. The predicted octanol–water partition coefficient (Wildman–Crippen LogP) is -2.61. The number of aliphatic carboxylic acids is 1. The average molecular weight is 188 g/mol. The number of carboxylic acid groups (broad SMARTS) is 1. The van der Waals surface area contributed by atoms with Crippen LogP contribution in [0.1, 0.15) is 6.42 Å². The molecular weight excluding hydrogens is 176 g/mol. The Labute approximate surface area is 74.4 Å². The molecule has 0 aromatic heterocycles. The van der Waals surface area contributed by atoms with E-state index in [1.807, 2.05) is 0 Å². The van der Waals surface area contributed by atoms with Gasteiger partial charge in [0.05, 0.1) is 6.04 Å². The minimum atomic E-state index is -1.14. The first-order chi connectivity index (χ1) is 6.00. The first-order valence-corrected chi connectivity index (χ1v) is 3.77. The van der Waals surface area contributed by atoms with Gasteiger partial charge in [0, 0.05) is 6.42 Å². The van der Waals surface area contributed by atoms with Gasteiger partial charge in [0.15, 0.2) is 12.2 Å². The largest absolute Gasteiger partial charge is 0.480 e. The lowest BCUT2D eigenvalue weighted by atomic mass is 10.0. The molecule has 7 nitrogen and oxygen atoms in total. The van der Waals surface area contributed by atoms with Crippen LogP contribution in [0.3, 0.4) is 0 Å². The summed E-state index contributed by atoms with van der Waals surface area (Å²) in [5, 5.41) is 20.3. The summed E-state index contributed by atoms with van der Waals surface area (Å²) in [6.07, 6.45) is -0.828. The maximum atomic E-state index is 10.5. The Morgan fingerprint density at radius 1 is 1.77 bits per heavy atom. The van der Waals surface area contributed by atoms with Gasteiger partial charge in [-0.1, -0.05) is 0 Å². The molecule has 0 fully saturated rings. The molecule has 1 rings (SSSR count). The Kier molecular flexibility index (Phi) is 2.69. The Morgan fingerprint density at radius 3 is 2.85 bits per heavy atom. The van der Waals surface area contributed by atoms with Crippen molar-refractivity contribution in [1.82, 2.24) is 5.32 Å². The fourth-order valence-electron chi connectivity index (χ4n) is 1.14. The number of aliphatic hydroxyl groups is 1. The van der Waals surface area contributed by atoms with Gasteiger partial charge in [-0.15, -0.1) is 0 Å². The van der Waals surface area contributed by atoms with E-state index < -0.39 is 24.3 Å². The highest BCUT2D eigenvalue weighted by atomic mass is 16.4. The van der Waals surface area contributed by atoms with Gasteiger partial charge >= 0.3 is 5.97 Å². The summed E-state index contributed by atoms with van der Waals surface area (Å²) in [6.45, 7) is 0. The van der Waals surface area contributed by atoms with E-state index in [9.17, 15) is 4.79 Å². The lowest BCUT2D eigenvalue weighted by Gasteiger charge is -2.27. The van der Waals surface area contributed by atoms with Gasteiger partial charge in [0.25, 0.3) is 0 Å². The minimum Gasteiger partial charge on any atom is -0.480 e. The van der Waals surface area contributed by atoms with Crippen LogP contribution in [0.25, 0.3) is 0 Å². The molecule has 0 radical (unpaired) electrons. The number of rotatable bonds is 2. The monoisotopic (exact) mass is 188 g/mol. The summed E-state index contributed by atoms with van der Waals surface area (Å²) in [5.41, 5.74) is 10.6. The van der Waals surface area contributed by atoms with Crippen LogP contribution in [0, 0.1) is 0 Å². The third-order valence-electron chi connectivity index (χ3n) is 1.80. The number of nitrogens with one attached hydrogen (secondary N) is 1. The van der Waals surface area contributed by atoms with Gasteiger partial charge in [-0.05, 0) is 0 Å². The van der Waals surface area contributed by atoms with E-state index in [0.29, 0.717) is 0 Å². The quantitative estimate of drug-likeness (QED) is 0.322. The highest BCUT2D eigenvalue weighted by molar-refractivity contribution is 5.81. The van der Waals surface area contributed by atoms with Crippen LogP contribution >= 0.6 is 0 Å². The number of carbonyl (C=O) groups is 1. The van der Waals surface area contributed by atoms with Crippen molar-refractivity contribution < 1.29 is 15.0 Å². The molecule has 13 heavy (non-hydrogen) atoms. The van der Waals surface area contributed by atoms with E-state index in [1.165, 1.54) is 0 Å². The van der Waals surface area contributed by atoms with Crippen LogP contribution in [0.2, 0.25) is 0 Å². The molecule has 0 amide bonds. The Hall–Kier alpha value is -1.34. The van der Waals surface area contributed by atoms with Gasteiger partial charge in [0.1, 0.15) is 6.04 Å². The van der Waals surface area contributed by atoms with E-state index in [4.69, 9.17) is 21.7 Å². The Morgan fingerprint density at radius 2 is 2.38 bits per heavy atom. The van der Waals surface area contributed by atoms with Crippen LogP contribution in [-0.2, 0) is 4.79 Å². The topological polar surface area (TPSA) is 134 Å². The van der Waals surface area contributed by atoms with Crippen molar-refractivity contribution in [3.05, 3.63) is 0 Å². The van der Waals surface area contributed by atoms with Crippen molar-refractivity contribution in [3.63, 3.8) is 0 Å². The second-order valence-electron chi connectivity index (χ2n) is 2.85. The van der Waals surface area contributed by atoms with Gasteiger partial charge in [-0.25, -0.2) is 4.99 Å². The van der Waals surface area contributed by atoms with E-state index in [-0.39, 0.29) is 12.4 Å². The zero-order valence-corrected chi connectivity index (χ0v) is 6.84. The molecule has 0 aromatic rings. The second-order valence-corrected chi connectivity index (χ2v) is 2.85. The highest BCUT2D eigenvalue weighted by Crippen LogP contribution is 2.07. The second kappa shape index (κ2) is 3.58. The highest BCUT2D eigenvalue weighted by Gasteiger charge is 2.29. The van der Waals surface area contributed by atoms with E-state index in [1.54, 1.807) is 0 Å². The first kappa shape index (κ1) is 9.75. The normalized spacial score (nSPS) is 30.2. The Balaban J connectivity index is 2.64. The number of carboxylic acids is 1. The molecule has 74 valence electrons. The van der Waals surface area contributed by atoms with Crippen molar-refractivity contribution in [2.75, 3.05) is 0 Å². The molecule has 1 aliphatic heterocycles. The summed E-state index contributed by atoms with van der Waals surface area (Å²) in [4.78, 5) is 14.0. The van der Waals surface area contributed by atoms with Gasteiger partial charge in [-0.2, -0.15) is 0 Å². The molecule has 7 N–H and O–H groups in total. The molecule has 3 atom stereocenters. The van der Waals surface area contributed by atoms with Crippen LogP contribution in [-0.4, -0.2) is 40.5 Å². The number of nitrogens with two attached hydrogens (primary N) is 2. The Bertz CT molecular complexity index is 242. The summed E-state index contributed by atoms with van der Waals surface area (Å²) in [5.74, 6) is -1.13. The van der Waals surface area contributed by atoms with E-state index in [2.05, 4.69) is 10.3 Å². The number of aliphatic imine (C=N–C) groups is 1. The molecule has 0 saturated carbocycles. The zero-order chi connectivity index (χ0) is 10.0. The molecule has 0 aliphatic carbocycles. The van der Waals surface area contributed by atoms with Crippen LogP contribution < -0.4 is 16.8 Å². The molecule has 0 spiro atoms. The maximum Gasteiger partial charge on any atom is 0.322 e. The smallest absolute Gasteiger partial charge is 0.322 e. The van der Waals surface area contributed by atoms with Crippen molar-refractivity contribution in [3.8, 4) is 0 Å². The summed E-state index contributed by atoms with van der Waals surface area (Å²) in [7, 11) is 0. The number of aliphatic hydroxyl groups excluding tert-OH is 1. The number of hydrogen-bond donors (Lipinski definition) is 5. The number of nitrogens with zero attached hydrogens (tertiary/aromatic N) is 1. The molecule has 0 aromatic carbocycles. The third kappa shape index (κ3) is 2.30. The molecule has 1 aliphatic rings. The van der Waals surface area contributed by atoms with Gasteiger partial charge < -0.3 is 27.0 Å². The molecule has 0 bridgehead atoms. The molecular formula is C6H12N4O3. The van der Waals surface area contributed by atoms with Crippen LogP contribution in [0.5, 0.6) is 0 Å². The van der Waals surface area contributed by atoms with Crippen molar-refractivity contribution in [1.29, 1.82) is 0 Å². The first-order valence-electron chi connectivity index (χ1n) is 3.77. The van der Waals surface area contributed by atoms with Crippen LogP contribution in [0.4, 0.5) is 0 Å². The van der Waals surface area contributed by atoms with Gasteiger partial charge in [-0.3, -0.25) is 4.79 Å². The SMILES string of the molecule is NC1=N[C@H](O)C[C@@H]([C@H](N)C(=O)O)N1. The van der Waals surface area contributed by atoms with Crippen molar-refractivity contribution in [2.45, 2.75) is 24.7 Å². The van der Waals surface area contributed by atoms with E-state index >= 15 is 0 Å². The maximum absolute atomic E-state index is 10.5. The summed E-state index contributed by atoms with van der Waals surface area (Å²) in [6, 6.07) is -1.67.